The molecular weight excluding hydrogens is 293 g/mol. The van der Waals surface area contributed by atoms with Crippen LogP contribution in [0.4, 0.5) is 4.39 Å². The second-order valence-electron chi connectivity index (χ2n) is 4.72. The zero-order valence-corrected chi connectivity index (χ0v) is 12.6. The number of halogens is 2. The Morgan fingerprint density at radius 1 is 1.19 bits per heavy atom. The Kier molecular flexibility index (Phi) is 5.04. The lowest BCUT2D eigenvalue weighted by Gasteiger charge is -2.24. The van der Waals surface area contributed by atoms with Gasteiger partial charge in [0.25, 0.3) is 0 Å². The van der Waals surface area contributed by atoms with Crippen molar-refractivity contribution >= 4 is 11.6 Å². The Hall–Kier alpha value is -1.78. The van der Waals surface area contributed by atoms with E-state index in [2.05, 4.69) is 0 Å². The monoisotopic (exact) mass is 309 g/mol. The summed E-state index contributed by atoms with van der Waals surface area (Å²) in [6, 6.07) is 11.4. The van der Waals surface area contributed by atoms with Gasteiger partial charge in [-0.3, -0.25) is 0 Å². The van der Waals surface area contributed by atoms with Crippen LogP contribution in [0.5, 0.6) is 11.5 Å². The summed E-state index contributed by atoms with van der Waals surface area (Å²) in [7, 11) is 1.59. The highest BCUT2D eigenvalue weighted by Crippen LogP contribution is 2.32. The molecule has 3 nitrogen and oxygen atoms in total. The van der Waals surface area contributed by atoms with Crippen LogP contribution in [0.2, 0.25) is 5.02 Å². The first-order chi connectivity index (χ1) is 10.0. The number of rotatable bonds is 5. The summed E-state index contributed by atoms with van der Waals surface area (Å²) in [5.74, 6) is 0.654. The van der Waals surface area contributed by atoms with Crippen LogP contribution in [-0.4, -0.2) is 13.2 Å². The first-order valence-electron chi connectivity index (χ1n) is 6.53. The quantitative estimate of drug-likeness (QED) is 0.909. The topological polar surface area (TPSA) is 44.5 Å². The summed E-state index contributed by atoms with van der Waals surface area (Å²) in [4.78, 5) is 0. The highest BCUT2D eigenvalue weighted by Gasteiger charge is 2.22. The first kappa shape index (κ1) is 15.6. The molecule has 2 atom stereocenters. The molecular formula is C16H17ClFNO2. The molecule has 2 unspecified atom stereocenters. The molecule has 0 fully saturated rings. The molecule has 0 heterocycles. The van der Waals surface area contributed by atoms with E-state index in [9.17, 15) is 4.39 Å². The summed E-state index contributed by atoms with van der Waals surface area (Å²) in [6.07, 6.45) is -0.428. The molecule has 112 valence electrons. The van der Waals surface area contributed by atoms with Gasteiger partial charge in [0.1, 0.15) is 23.4 Å². The molecule has 2 aromatic carbocycles. The third kappa shape index (κ3) is 3.65. The van der Waals surface area contributed by atoms with Crippen molar-refractivity contribution in [3.63, 3.8) is 0 Å². The van der Waals surface area contributed by atoms with Crippen molar-refractivity contribution in [2.45, 2.75) is 19.1 Å². The molecule has 0 radical (unpaired) electrons. The molecule has 2 aromatic rings. The molecule has 2 rings (SSSR count). The fourth-order valence-electron chi connectivity index (χ4n) is 2.05. The Bertz CT molecular complexity index is 619. The van der Waals surface area contributed by atoms with E-state index in [1.165, 1.54) is 18.2 Å². The van der Waals surface area contributed by atoms with Gasteiger partial charge in [-0.05, 0) is 25.1 Å². The van der Waals surface area contributed by atoms with Gasteiger partial charge in [-0.1, -0.05) is 29.8 Å². The van der Waals surface area contributed by atoms with Crippen LogP contribution in [0.3, 0.4) is 0 Å². The average molecular weight is 310 g/mol. The Balaban J connectivity index is 2.33. The number of hydrogen-bond acceptors (Lipinski definition) is 3. The van der Waals surface area contributed by atoms with E-state index in [0.717, 1.165) is 5.56 Å². The van der Waals surface area contributed by atoms with Crippen LogP contribution < -0.4 is 15.2 Å². The van der Waals surface area contributed by atoms with Crippen LogP contribution in [-0.2, 0) is 0 Å². The lowest BCUT2D eigenvalue weighted by Crippen LogP contribution is -2.29. The number of para-hydroxylation sites is 1. The maximum absolute atomic E-state index is 13.2. The van der Waals surface area contributed by atoms with Crippen molar-refractivity contribution < 1.29 is 13.9 Å². The largest absolute Gasteiger partial charge is 0.496 e. The predicted octanol–water partition coefficient (Wildman–Crippen LogP) is 3.96. The molecule has 0 saturated heterocycles. The highest BCUT2D eigenvalue weighted by atomic mass is 35.5. The summed E-state index contributed by atoms with van der Waals surface area (Å²) in [6.45, 7) is 1.84. The van der Waals surface area contributed by atoms with Crippen molar-refractivity contribution in [3.05, 3.63) is 58.9 Å². The first-order valence-corrected chi connectivity index (χ1v) is 6.91. The van der Waals surface area contributed by atoms with Gasteiger partial charge in [0.2, 0.25) is 0 Å². The molecule has 0 saturated carbocycles. The van der Waals surface area contributed by atoms with E-state index in [-0.39, 0.29) is 11.1 Å². The second-order valence-corrected chi connectivity index (χ2v) is 5.12. The lowest BCUT2D eigenvalue weighted by atomic mass is 10.0. The number of hydrogen-bond donors (Lipinski definition) is 1. The molecule has 0 bridgehead atoms. The highest BCUT2D eigenvalue weighted by molar-refractivity contribution is 6.30. The molecule has 0 aliphatic heterocycles. The van der Waals surface area contributed by atoms with Crippen LogP contribution in [0, 0.1) is 5.82 Å². The van der Waals surface area contributed by atoms with Gasteiger partial charge >= 0.3 is 0 Å². The summed E-state index contributed by atoms with van der Waals surface area (Å²) >= 11 is 5.77. The minimum Gasteiger partial charge on any atom is -0.496 e. The summed E-state index contributed by atoms with van der Waals surface area (Å²) < 4.78 is 24.4. The van der Waals surface area contributed by atoms with E-state index in [1.54, 1.807) is 7.11 Å². The normalized spacial score (nSPS) is 13.6. The minimum absolute atomic E-state index is 0.0101. The van der Waals surface area contributed by atoms with E-state index in [1.807, 2.05) is 31.2 Å². The van der Waals surface area contributed by atoms with Gasteiger partial charge in [0, 0.05) is 17.7 Å². The SMILES string of the molecule is COc1ccccc1C(Oc1ccc(F)c(Cl)c1)C(C)N. The van der Waals surface area contributed by atoms with Crippen molar-refractivity contribution in [3.8, 4) is 11.5 Å². The Labute approximate surface area is 128 Å². The van der Waals surface area contributed by atoms with Gasteiger partial charge in [-0.15, -0.1) is 0 Å². The molecule has 0 aliphatic carbocycles. The van der Waals surface area contributed by atoms with Gasteiger partial charge in [0.15, 0.2) is 0 Å². The fraction of sp³-hybridized carbons (Fsp3) is 0.250. The van der Waals surface area contributed by atoms with Crippen molar-refractivity contribution in [1.29, 1.82) is 0 Å². The minimum atomic E-state index is -0.487. The molecule has 2 N–H and O–H groups in total. The van der Waals surface area contributed by atoms with E-state index >= 15 is 0 Å². The average Bonchev–Trinajstić information content (AvgIpc) is 2.48. The lowest BCUT2D eigenvalue weighted by molar-refractivity contribution is 0.176. The second kappa shape index (κ2) is 6.78. The summed E-state index contributed by atoms with van der Waals surface area (Å²) in [5.41, 5.74) is 6.85. The summed E-state index contributed by atoms with van der Waals surface area (Å²) in [5, 5.41) is 0.0101. The van der Waals surface area contributed by atoms with Crippen LogP contribution in [0.1, 0.15) is 18.6 Å². The number of ether oxygens (including phenoxy) is 2. The maximum atomic E-state index is 13.2. The van der Waals surface area contributed by atoms with Crippen LogP contribution in [0.15, 0.2) is 42.5 Å². The number of nitrogens with two attached hydrogens (primary N) is 1. The molecule has 0 aromatic heterocycles. The van der Waals surface area contributed by atoms with Crippen molar-refractivity contribution in [2.75, 3.05) is 7.11 Å². The number of benzene rings is 2. The van der Waals surface area contributed by atoms with E-state index in [0.29, 0.717) is 11.5 Å². The van der Waals surface area contributed by atoms with Gasteiger partial charge in [-0.2, -0.15) is 0 Å². The predicted molar refractivity (Wildman–Crippen MR) is 81.4 cm³/mol. The Morgan fingerprint density at radius 3 is 2.52 bits per heavy atom. The van der Waals surface area contributed by atoms with Gasteiger partial charge < -0.3 is 15.2 Å². The third-order valence-electron chi connectivity index (χ3n) is 3.08. The maximum Gasteiger partial charge on any atom is 0.142 e. The van der Waals surface area contributed by atoms with E-state index in [4.69, 9.17) is 26.8 Å². The third-order valence-corrected chi connectivity index (χ3v) is 3.37. The standard InChI is InChI=1S/C16H17ClFNO2/c1-10(19)16(12-5-3-4-6-15(12)20-2)21-11-7-8-14(18)13(17)9-11/h3-10,16H,19H2,1-2H3. The molecule has 21 heavy (non-hydrogen) atoms. The molecule has 0 aliphatic rings. The molecule has 0 spiro atoms. The molecule has 0 amide bonds. The molecule has 5 heteroatoms. The van der Waals surface area contributed by atoms with E-state index < -0.39 is 11.9 Å². The Morgan fingerprint density at radius 2 is 1.90 bits per heavy atom. The smallest absolute Gasteiger partial charge is 0.142 e. The fourth-order valence-corrected chi connectivity index (χ4v) is 2.22. The van der Waals surface area contributed by atoms with Crippen LogP contribution >= 0.6 is 11.6 Å². The zero-order chi connectivity index (χ0) is 15.4. The van der Waals surface area contributed by atoms with Crippen LogP contribution in [0.25, 0.3) is 0 Å². The van der Waals surface area contributed by atoms with Crippen molar-refractivity contribution in [1.82, 2.24) is 0 Å². The van der Waals surface area contributed by atoms with Gasteiger partial charge in [-0.25, -0.2) is 4.39 Å². The number of methoxy groups -OCH3 is 1. The van der Waals surface area contributed by atoms with Crippen molar-refractivity contribution in [2.24, 2.45) is 5.73 Å². The zero-order valence-electron chi connectivity index (χ0n) is 11.8. The van der Waals surface area contributed by atoms with Gasteiger partial charge in [0.05, 0.1) is 12.1 Å².